The number of amides is 1. The predicted molar refractivity (Wildman–Crippen MR) is 59.4 cm³/mol. The molecule has 3 nitrogen and oxygen atoms in total. The van der Waals surface area contributed by atoms with Crippen molar-refractivity contribution in [3.05, 3.63) is 21.9 Å². The van der Waals surface area contributed by atoms with Crippen LogP contribution in [0.4, 0.5) is 0 Å². The molecule has 1 atom stereocenters. The van der Waals surface area contributed by atoms with Gasteiger partial charge in [-0.25, -0.2) is 0 Å². The summed E-state index contributed by atoms with van der Waals surface area (Å²) in [7, 11) is 1.78. The van der Waals surface area contributed by atoms with Gasteiger partial charge in [0.05, 0.1) is 12.6 Å². The molecular formula is C10H16N2OS. The highest BCUT2D eigenvalue weighted by Crippen LogP contribution is 2.14. The molecule has 0 saturated carbocycles. The summed E-state index contributed by atoms with van der Waals surface area (Å²) in [5.41, 5.74) is 1.24. The standard InChI is InChI=1S/C10H16N2OS/c1-7-4-5-14-9(7)6-12-10(13)8(2)11-3/h4-5,8,11H,6H2,1-3H3,(H,12,13). The molecule has 0 aliphatic heterocycles. The average Bonchev–Trinajstić information content (AvgIpc) is 2.59. The normalized spacial score (nSPS) is 12.5. The quantitative estimate of drug-likeness (QED) is 0.789. The zero-order chi connectivity index (χ0) is 10.6. The van der Waals surface area contributed by atoms with Gasteiger partial charge in [-0.1, -0.05) is 0 Å². The lowest BCUT2D eigenvalue weighted by atomic mass is 10.3. The van der Waals surface area contributed by atoms with Crippen molar-refractivity contribution < 1.29 is 4.79 Å². The fraction of sp³-hybridized carbons (Fsp3) is 0.500. The van der Waals surface area contributed by atoms with Crippen molar-refractivity contribution in [2.75, 3.05) is 7.05 Å². The first-order valence-corrected chi connectivity index (χ1v) is 5.51. The summed E-state index contributed by atoms with van der Waals surface area (Å²) in [4.78, 5) is 12.6. The molecule has 1 rings (SSSR count). The van der Waals surface area contributed by atoms with Crippen LogP contribution in [0.2, 0.25) is 0 Å². The maximum atomic E-state index is 11.4. The smallest absolute Gasteiger partial charge is 0.237 e. The number of aryl methyl sites for hydroxylation is 1. The van der Waals surface area contributed by atoms with Crippen LogP contribution in [-0.4, -0.2) is 19.0 Å². The first-order chi connectivity index (χ1) is 6.65. The van der Waals surface area contributed by atoms with E-state index in [2.05, 4.69) is 23.6 Å². The highest BCUT2D eigenvalue weighted by atomic mass is 32.1. The van der Waals surface area contributed by atoms with E-state index >= 15 is 0 Å². The van der Waals surface area contributed by atoms with Gasteiger partial charge < -0.3 is 10.6 Å². The van der Waals surface area contributed by atoms with Crippen LogP contribution in [-0.2, 0) is 11.3 Å². The van der Waals surface area contributed by atoms with E-state index in [1.807, 2.05) is 12.3 Å². The average molecular weight is 212 g/mol. The third kappa shape index (κ3) is 2.82. The van der Waals surface area contributed by atoms with Crippen molar-refractivity contribution in [2.45, 2.75) is 26.4 Å². The van der Waals surface area contributed by atoms with Gasteiger partial charge in [0.25, 0.3) is 0 Å². The summed E-state index contributed by atoms with van der Waals surface area (Å²) in [6.45, 7) is 4.53. The van der Waals surface area contributed by atoms with Crippen molar-refractivity contribution >= 4 is 17.2 Å². The van der Waals surface area contributed by atoms with Gasteiger partial charge in [-0.2, -0.15) is 0 Å². The minimum absolute atomic E-state index is 0.0419. The molecule has 1 unspecified atom stereocenters. The molecule has 0 aliphatic rings. The Hall–Kier alpha value is -0.870. The van der Waals surface area contributed by atoms with Gasteiger partial charge >= 0.3 is 0 Å². The molecule has 0 fully saturated rings. The van der Waals surface area contributed by atoms with Crippen molar-refractivity contribution in [1.29, 1.82) is 0 Å². The van der Waals surface area contributed by atoms with Gasteiger partial charge in [-0.3, -0.25) is 4.79 Å². The van der Waals surface area contributed by atoms with E-state index in [4.69, 9.17) is 0 Å². The van der Waals surface area contributed by atoms with Crippen LogP contribution < -0.4 is 10.6 Å². The maximum Gasteiger partial charge on any atom is 0.237 e. The largest absolute Gasteiger partial charge is 0.350 e. The molecule has 1 heterocycles. The summed E-state index contributed by atoms with van der Waals surface area (Å²) in [6, 6.07) is 1.93. The molecule has 1 aromatic heterocycles. The third-order valence-corrected chi connectivity index (χ3v) is 3.24. The Labute approximate surface area is 88.5 Å². The maximum absolute atomic E-state index is 11.4. The zero-order valence-corrected chi connectivity index (χ0v) is 9.57. The number of hydrogen-bond donors (Lipinski definition) is 2. The summed E-state index contributed by atoms with van der Waals surface area (Å²) in [6.07, 6.45) is 0. The fourth-order valence-electron chi connectivity index (χ4n) is 1.04. The Kier molecular flexibility index (Phi) is 4.10. The number of thiophene rings is 1. The number of rotatable bonds is 4. The Morgan fingerprint density at radius 2 is 2.36 bits per heavy atom. The fourth-order valence-corrected chi connectivity index (χ4v) is 1.88. The summed E-state index contributed by atoms with van der Waals surface area (Å²) in [5.74, 6) is 0.0419. The molecule has 4 heteroatoms. The molecule has 78 valence electrons. The molecule has 0 saturated heterocycles. The molecule has 0 bridgehead atoms. The molecule has 0 aliphatic carbocycles. The number of likely N-dealkylation sites (N-methyl/N-ethyl adjacent to an activating group) is 1. The number of carbonyl (C=O) groups is 1. The Morgan fingerprint density at radius 1 is 1.64 bits per heavy atom. The van der Waals surface area contributed by atoms with Crippen LogP contribution in [0.15, 0.2) is 11.4 Å². The minimum atomic E-state index is -0.129. The topological polar surface area (TPSA) is 41.1 Å². The molecule has 1 aromatic rings. The summed E-state index contributed by atoms with van der Waals surface area (Å²) >= 11 is 1.68. The van der Waals surface area contributed by atoms with Gasteiger partial charge in [0.15, 0.2) is 0 Å². The van der Waals surface area contributed by atoms with E-state index in [-0.39, 0.29) is 11.9 Å². The van der Waals surface area contributed by atoms with E-state index in [1.54, 1.807) is 18.4 Å². The third-order valence-electron chi connectivity index (χ3n) is 2.22. The van der Waals surface area contributed by atoms with Crippen LogP contribution >= 0.6 is 11.3 Å². The number of carbonyl (C=O) groups excluding carboxylic acids is 1. The second-order valence-electron chi connectivity index (χ2n) is 3.25. The first kappa shape index (κ1) is 11.2. The van der Waals surface area contributed by atoms with E-state index < -0.39 is 0 Å². The lowest BCUT2D eigenvalue weighted by Crippen LogP contribution is -2.39. The Balaban J connectivity index is 2.41. The SMILES string of the molecule is CNC(C)C(=O)NCc1sccc1C. The summed E-state index contributed by atoms with van der Waals surface area (Å²) in [5, 5.41) is 7.83. The molecule has 0 spiro atoms. The van der Waals surface area contributed by atoms with Crippen LogP contribution in [0, 0.1) is 6.92 Å². The van der Waals surface area contributed by atoms with Gasteiger partial charge in [0.2, 0.25) is 5.91 Å². The summed E-state index contributed by atoms with van der Waals surface area (Å²) < 4.78 is 0. The molecule has 0 radical (unpaired) electrons. The van der Waals surface area contributed by atoms with Crippen molar-refractivity contribution in [3.8, 4) is 0 Å². The first-order valence-electron chi connectivity index (χ1n) is 4.63. The number of hydrogen-bond acceptors (Lipinski definition) is 3. The molecule has 1 amide bonds. The van der Waals surface area contributed by atoms with Gasteiger partial charge in [-0.05, 0) is 37.9 Å². The van der Waals surface area contributed by atoms with Crippen LogP contribution in [0.5, 0.6) is 0 Å². The van der Waals surface area contributed by atoms with Crippen LogP contribution in [0.3, 0.4) is 0 Å². The van der Waals surface area contributed by atoms with Gasteiger partial charge in [0.1, 0.15) is 0 Å². The lowest BCUT2D eigenvalue weighted by molar-refractivity contribution is -0.122. The van der Waals surface area contributed by atoms with Crippen molar-refractivity contribution in [1.82, 2.24) is 10.6 Å². The second kappa shape index (κ2) is 5.12. The molecular weight excluding hydrogens is 196 g/mol. The van der Waals surface area contributed by atoms with Crippen molar-refractivity contribution in [3.63, 3.8) is 0 Å². The molecule has 2 N–H and O–H groups in total. The Morgan fingerprint density at radius 3 is 2.86 bits per heavy atom. The zero-order valence-electron chi connectivity index (χ0n) is 8.76. The number of nitrogens with one attached hydrogen (secondary N) is 2. The second-order valence-corrected chi connectivity index (χ2v) is 4.26. The van der Waals surface area contributed by atoms with Gasteiger partial charge in [-0.15, -0.1) is 11.3 Å². The van der Waals surface area contributed by atoms with E-state index in [0.717, 1.165) is 0 Å². The van der Waals surface area contributed by atoms with Crippen LogP contribution in [0.25, 0.3) is 0 Å². The monoisotopic (exact) mass is 212 g/mol. The highest BCUT2D eigenvalue weighted by molar-refractivity contribution is 7.10. The Bertz CT molecular complexity index is 309. The highest BCUT2D eigenvalue weighted by Gasteiger charge is 2.09. The van der Waals surface area contributed by atoms with Crippen LogP contribution in [0.1, 0.15) is 17.4 Å². The van der Waals surface area contributed by atoms with E-state index in [0.29, 0.717) is 6.54 Å². The minimum Gasteiger partial charge on any atom is -0.350 e. The van der Waals surface area contributed by atoms with Gasteiger partial charge in [0, 0.05) is 4.88 Å². The van der Waals surface area contributed by atoms with Crippen molar-refractivity contribution in [2.24, 2.45) is 0 Å². The molecule has 14 heavy (non-hydrogen) atoms. The predicted octanol–water partition coefficient (Wildman–Crippen LogP) is 1.28. The molecule has 0 aromatic carbocycles. The van der Waals surface area contributed by atoms with E-state index in [9.17, 15) is 4.79 Å². The lowest BCUT2D eigenvalue weighted by Gasteiger charge is -2.10. The van der Waals surface area contributed by atoms with E-state index in [1.165, 1.54) is 10.4 Å².